The molecule has 1 atom stereocenters. The highest BCUT2D eigenvalue weighted by molar-refractivity contribution is 7.92. The van der Waals surface area contributed by atoms with E-state index in [1.54, 1.807) is 25.2 Å². The first kappa shape index (κ1) is 24.5. The molecule has 0 radical (unpaired) electrons. The molecule has 0 amide bonds. The van der Waals surface area contributed by atoms with Gasteiger partial charge in [0.1, 0.15) is 17.7 Å². The van der Waals surface area contributed by atoms with Crippen LogP contribution in [0.5, 0.6) is 0 Å². The molecule has 180 valence electrons. The second kappa shape index (κ2) is 9.22. The topological polar surface area (TPSA) is 127 Å². The lowest BCUT2D eigenvalue weighted by Crippen LogP contribution is -2.17. The molecular formula is C23H19ClF2N6O2S. The molecule has 0 aliphatic heterocycles. The number of halogens is 3. The van der Waals surface area contributed by atoms with Crippen molar-refractivity contribution in [2.45, 2.75) is 12.5 Å². The molecule has 0 aliphatic rings. The number of hydrogen-bond acceptors (Lipinski definition) is 6. The maximum atomic E-state index is 13.7. The van der Waals surface area contributed by atoms with Crippen molar-refractivity contribution in [3.05, 3.63) is 76.1 Å². The van der Waals surface area contributed by atoms with E-state index in [4.69, 9.17) is 17.3 Å². The summed E-state index contributed by atoms with van der Waals surface area (Å²) in [5, 5.41) is 14.3. The van der Waals surface area contributed by atoms with Crippen molar-refractivity contribution < 1.29 is 17.2 Å². The highest BCUT2D eigenvalue weighted by atomic mass is 35.5. The van der Waals surface area contributed by atoms with Gasteiger partial charge in [-0.25, -0.2) is 17.2 Å². The van der Waals surface area contributed by atoms with Crippen molar-refractivity contribution >= 4 is 38.3 Å². The molecule has 35 heavy (non-hydrogen) atoms. The van der Waals surface area contributed by atoms with Crippen molar-refractivity contribution in [2.75, 3.05) is 11.0 Å². The quantitative estimate of drug-likeness (QED) is 0.398. The van der Waals surface area contributed by atoms with Crippen molar-refractivity contribution in [3.63, 3.8) is 0 Å². The zero-order chi connectivity index (χ0) is 25.5. The number of nitrogens with zero attached hydrogens (tertiary/aromatic N) is 4. The van der Waals surface area contributed by atoms with Gasteiger partial charge in [-0.05, 0) is 36.2 Å². The van der Waals surface area contributed by atoms with E-state index in [1.165, 1.54) is 23.0 Å². The Hall–Kier alpha value is -3.59. The zero-order valence-corrected chi connectivity index (χ0v) is 20.1. The number of sulfonamides is 1. The highest BCUT2D eigenvalue weighted by Crippen LogP contribution is 2.39. The van der Waals surface area contributed by atoms with Crippen LogP contribution < -0.4 is 10.5 Å². The maximum absolute atomic E-state index is 13.7. The van der Waals surface area contributed by atoms with E-state index in [0.717, 1.165) is 12.3 Å². The maximum Gasteiger partial charge on any atom is 0.231 e. The lowest BCUT2D eigenvalue weighted by molar-refractivity contribution is 0.575. The Morgan fingerprint density at radius 1 is 1.20 bits per heavy atom. The first-order valence-electron chi connectivity index (χ1n) is 10.2. The standard InChI is InChI=1S/C23H19ClF2N6O2S/c1-32-22-16(3-4-18(24)20(22)23(30-32)31-35(2,33)34)17-7-13(10-27)11-29-21(17)19(28)8-12-5-14(25)9-15(26)6-12/h3-7,9,11,19H,8,28H2,1-2H3,(H,30,31)/t19-/m0/s1. The Labute approximate surface area is 205 Å². The molecule has 4 rings (SSSR count). The van der Waals surface area contributed by atoms with Crippen molar-refractivity contribution in [1.82, 2.24) is 14.8 Å². The minimum Gasteiger partial charge on any atom is -0.322 e. The Morgan fingerprint density at radius 2 is 1.89 bits per heavy atom. The first-order chi connectivity index (χ1) is 16.5. The summed E-state index contributed by atoms with van der Waals surface area (Å²) < 4.78 is 54.9. The van der Waals surface area contributed by atoms with Crippen LogP contribution in [-0.2, 0) is 23.5 Å². The van der Waals surface area contributed by atoms with E-state index >= 15 is 0 Å². The minimum absolute atomic E-state index is 0.0438. The molecule has 8 nitrogen and oxygen atoms in total. The molecule has 2 heterocycles. The van der Waals surface area contributed by atoms with Gasteiger partial charge in [-0.1, -0.05) is 17.7 Å². The predicted octanol–water partition coefficient (Wildman–Crippen LogP) is 4.05. The molecule has 4 aromatic rings. The summed E-state index contributed by atoms with van der Waals surface area (Å²) in [5.41, 5.74) is 8.89. The third kappa shape index (κ3) is 5.09. The second-order valence-corrected chi connectivity index (χ2v) is 10.2. The van der Waals surface area contributed by atoms with Crippen molar-refractivity contribution in [1.29, 1.82) is 5.26 Å². The van der Waals surface area contributed by atoms with Gasteiger partial charge in [-0.15, -0.1) is 0 Å². The van der Waals surface area contributed by atoms with E-state index in [-0.39, 0.29) is 22.8 Å². The van der Waals surface area contributed by atoms with E-state index < -0.39 is 27.7 Å². The smallest absolute Gasteiger partial charge is 0.231 e. The van der Waals surface area contributed by atoms with Crippen LogP contribution in [0.4, 0.5) is 14.6 Å². The minimum atomic E-state index is -3.64. The predicted molar refractivity (Wildman–Crippen MR) is 129 cm³/mol. The van der Waals surface area contributed by atoms with Crippen LogP contribution in [0.3, 0.4) is 0 Å². The van der Waals surface area contributed by atoms with Gasteiger partial charge in [0, 0.05) is 30.4 Å². The molecule has 12 heteroatoms. The van der Waals surface area contributed by atoms with Crippen LogP contribution in [0.1, 0.15) is 22.9 Å². The number of aryl methyl sites for hydroxylation is 1. The number of benzene rings is 2. The summed E-state index contributed by atoms with van der Waals surface area (Å²) >= 11 is 6.41. The van der Waals surface area contributed by atoms with Gasteiger partial charge in [0.05, 0.1) is 39.5 Å². The number of anilines is 1. The molecule has 0 fully saturated rings. The van der Waals surface area contributed by atoms with Crippen LogP contribution in [0.15, 0.2) is 42.6 Å². The third-order valence-electron chi connectivity index (χ3n) is 5.29. The normalized spacial score (nSPS) is 12.5. The lowest BCUT2D eigenvalue weighted by Gasteiger charge is -2.17. The molecule has 0 saturated heterocycles. The number of hydrogen-bond donors (Lipinski definition) is 2. The Morgan fingerprint density at radius 3 is 2.51 bits per heavy atom. The van der Waals surface area contributed by atoms with Crippen LogP contribution in [0, 0.1) is 23.0 Å². The summed E-state index contributed by atoms with van der Waals surface area (Å²) in [6, 6.07) is 9.26. The van der Waals surface area contributed by atoms with Gasteiger partial charge in [-0.3, -0.25) is 14.4 Å². The average Bonchev–Trinajstić information content (AvgIpc) is 3.08. The summed E-state index contributed by atoms with van der Waals surface area (Å²) in [7, 11) is -2.03. The van der Waals surface area contributed by atoms with Crippen molar-refractivity contribution in [3.8, 4) is 17.2 Å². The molecule has 0 unspecified atom stereocenters. The Bertz CT molecular complexity index is 1590. The van der Waals surface area contributed by atoms with E-state index in [0.29, 0.717) is 33.3 Å². The van der Waals surface area contributed by atoms with Gasteiger partial charge in [0.2, 0.25) is 10.0 Å². The van der Waals surface area contributed by atoms with Gasteiger partial charge in [0.25, 0.3) is 0 Å². The zero-order valence-electron chi connectivity index (χ0n) is 18.6. The van der Waals surface area contributed by atoms with E-state index in [9.17, 15) is 22.5 Å². The monoisotopic (exact) mass is 516 g/mol. The molecule has 0 bridgehead atoms. The number of aromatic nitrogens is 3. The van der Waals surface area contributed by atoms with Gasteiger partial charge < -0.3 is 5.73 Å². The molecule has 0 aliphatic carbocycles. The molecule has 0 spiro atoms. The number of nitrogens with two attached hydrogens (primary N) is 1. The summed E-state index contributed by atoms with van der Waals surface area (Å²) in [4.78, 5) is 4.38. The first-order valence-corrected chi connectivity index (χ1v) is 12.5. The molecular weight excluding hydrogens is 498 g/mol. The number of nitriles is 1. The second-order valence-electron chi connectivity index (χ2n) is 8.02. The fraction of sp³-hybridized carbons (Fsp3) is 0.174. The molecule has 2 aromatic carbocycles. The van der Waals surface area contributed by atoms with Crippen LogP contribution in [0.2, 0.25) is 5.02 Å². The van der Waals surface area contributed by atoms with Gasteiger partial charge >= 0.3 is 0 Å². The highest BCUT2D eigenvalue weighted by Gasteiger charge is 2.23. The molecule has 2 aromatic heterocycles. The van der Waals surface area contributed by atoms with Crippen molar-refractivity contribution in [2.24, 2.45) is 12.8 Å². The molecule has 3 N–H and O–H groups in total. The van der Waals surface area contributed by atoms with Crippen LogP contribution >= 0.6 is 11.6 Å². The third-order valence-corrected chi connectivity index (χ3v) is 6.17. The largest absolute Gasteiger partial charge is 0.322 e. The van der Waals surface area contributed by atoms with Crippen LogP contribution in [-0.4, -0.2) is 29.4 Å². The fourth-order valence-electron chi connectivity index (χ4n) is 3.97. The summed E-state index contributed by atoms with van der Waals surface area (Å²) in [6.07, 6.45) is 2.43. The molecule has 0 saturated carbocycles. The van der Waals surface area contributed by atoms with Crippen LogP contribution in [0.25, 0.3) is 22.0 Å². The Kier molecular flexibility index (Phi) is 6.46. The number of fused-ring (bicyclic) bond motifs is 1. The number of rotatable bonds is 6. The SMILES string of the molecule is Cn1nc(NS(C)(=O)=O)c2c(Cl)ccc(-c3cc(C#N)cnc3[C@@H](N)Cc3cc(F)cc(F)c3)c21. The summed E-state index contributed by atoms with van der Waals surface area (Å²) in [6.45, 7) is 0. The number of pyridine rings is 1. The average molecular weight is 517 g/mol. The van der Waals surface area contributed by atoms with Gasteiger partial charge in [0.15, 0.2) is 5.82 Å². The van der Waals surface area contributed by atoms with E-state index in [1.807, 2.05) is 6.07 Å². The van der Waals surface area contributed by atoms with Gasteiger partial charge in [-0.2, -0.15) is 10.4 Å². The number of nitrogens with one attached hydrogen (secondary N) is 1. The fourth-order valence-corrected chi connectivity index (χ4v) is 4.71. The Balaban J connectivity index is 1.91. The lowest BCUT2D eigenvalue weighted by atomic mass is 9.94. The van der Waals surface area contributed by atoms with E-state index in [2.05, 4.69) is 14.8 Å². The summed E-state index contributed by atoms with van der Waals surface area (Å²) in [5.74, 6) is -1.40.